The number of hydrogen-bond acceptors (Lipinski definition) is 5. The second kappa shape index (κ2) is 9.85. The van der Waals surface area contributed by atoms with Gasteiger partial charge in [0, 0.05) is 18.0 Å². The monoisotopic (exact) mass is 386 g/mol. The third-order valence-corrected chi connectivity index (χ3v) is 4.16. The van der Waals surface area contributed by atoms with Crippen molar-refractivity contribution in [1.29, 1.82) is 0 Å². The quantitative estimate of drug-likeness (QED) is 0.652. The van der Waals surface area contributed by atoms with Gasteiger partial charge in [-0.3, -0.25) is 4.79 Å². The number of halogens is 1. The summed E-state index contributed by atoms with van der Waals surface area (Å²) in [4.78, 5) is 17.1. The van der Waals surface area contributed by atoms with Crippen LogP contribution in [0.4, 0.5) is 0 Å². The van der Waals surface area contributed by atoms with Crippen molar-refractivity contribution in [3.8, 4) is 0 Å². The molecular formula is C20H23ClN4O2. The van der Waals surface area contributed by atoms with Crippen LogP contribution in [0, 0.1) is 0 Å². The molecule has 0 spiro atoms. The lowest BCUT2D eigenvalue weighted by molar-refractivity contribution is 0.0936. The first-order chi connectivity index (χ1) is 12.7. The number of rotatable bonds is 7. The highest BCUT2D eigenvalue weighted by molar-refractivity contribution is 5.94. The maximum absolute atomic E-state index is 12.6. The third kappa shape index (κ3) is 5.39. The van der Waals surface area contributed by atoms with Crippen LogP contribution in [0.25, 0.3) is 0 Å². The lowest BCUT2D eigenvalue weighted by Crippen LogP contribution is -2.29. The summed E-state index contributed by atoms with van der Waals surface area (Å²) in [5, 5.41) is 10.2. The van der Waals surface area contributed by atoms with Gasteiger partial charge in [-0.15, -0.1) is 12.4 Å². The molecule has 1 amide bonds. The molecule has 2 aromatic carbocycles. The topological polar surface area (TPSA) is 80.0 Å². The van der Waals surface area contributed by atoms with Crippen molar-refractivity contribution in [2.75, 3.05) is 7.05 Å². The Morgan fingerprint density at radius 1 is 1.07 bits per heavy atom. The van der Waals surface area contributed by atoms with Gasteiger partial charge in [0.1, 0.15) is 6.04 Å². The molecule has 6 nitrogen and oxygen atoms in total. The molecular weight excluding hydrogens is 364 g/mol. The van der Waals surface area contributed by atoms with Gasteiger partial charge in [0.05, 0.1) is 0 Å². The Bertz CT molecular complexity index is 839. The Kier molecular flexibility index (Phi) is 7.52. The van der Waals surface area contributed by atoms with E-state index in [0.29, 0.717) is 23.7 Å². The van der Waals surface area contributed by atoms with Gasteiger partial charge < -0.3 is 15.2 Å². The molecule has 0 fully saturated rings. The fraction of sp³-hybridized carbons (Fsp3) is 0.250. The maximum atomic E-state index is 12.6. The number of likely N-dealkylation sites (N-methyl/N-ethyl adjacent to an activating group) is 1. The number of amides is 1. The molecule has 3 aromatic rings. The highest BCUT2D eigenvalue weighted by atomic mass is 35.5. The molecule has 0 aliphatic rings. The lowest BCUT2D eigenvalue weighted by Gasteiger charge is -2.15. The zero-order valence-electron chi connectivity index (χ0n) is 15.3. The van der Waals surface area contributed by atoms with Gasteiger partial charge in [-0.25, -0.2) is 0 Å². The zero-order chi connectivity index (χ0) is 18.4. The van der Waals surface area contributed by atoms with Crippen LogP contribution in [0.1, 0.15) is 40.6 Å². The van der Waals surface area contributed by atoms with E-state index in [9.17, 15) is 4.79 Å². The molecule has 0 saturated heterocycles. The van der Waals surface area contributed by atoms with E-state index >= 15 is 0 Å². The minimum absolute atomic E-state index is 0. The van der Waals surface area contributed by atoms with Crippen molar-refractivity contribution >= 4 is 18.3 Å². The molecule has 7 heteroatoms. The fourth-order valence-corrected chi connectivity index (χ4v) is 2.58. The number of benzene rings is 2. The minimum atomic E-state index is -0.505. The molecule has 0 bridgehead atoms. The summed E-state index contributed by atoms with van der Waals surface area (Å²) in [7, 11) is 1.89. The van der Waals surface area contributed by atoms with Crippen LogP contribution in [0.2, 0.25) is 0 Å². The van der Waals surface area contributed by atoms with Crippen molar-refractivity contribution < 1.29 is 9.32 Å². The van der Waals surface area contributed by atoms with E-state index in [1.54, 1.807) is 12.1 Å². The maximum Gasteiger partial charge on any atom is 0.253 e. The van der Waals surface area contributed by atoms with E-state index in [2.05, 4.69) is 20.8 Å². The van der Waals surface area contributed by atoms with Gasteiger partial charge in [0.25, 0.3) is 11.8 Å². The summed E-state index contributed by atoms with van der Waals surface area (Å²) < 4.78 is 5.46. The average Bonchev–Trinajstić information content (AvgIpc) is 3.15. The van der Waals surface area contributed by atoms with Gasteiger partial charge in [0.2, 0.25) is 0 Å². The second-order valence-electron chi connectivity index (χ2n) is 6.13. The molecule has 27 heavy (non-hydrogen) atoms. The SMILES string of the molecule is CNC(C)Cc1noc(C(NC(=O)c2ccccc2)c2ccccc2)n1.Cl. The molecule has 0 aliphatic heterocycles. The molecule has 2 N–H and O–H groups in total. The normalized spacial score (nSPS) is 12.7. The van der Waals surface area contributed by atoms with Gasteiger partial charge >= 0.3 is 0 Å². The second-order valence-corrected chi connectivity index (χ2v) is 6.13. The summed E-state index contributed by atoms with van der Waals surface area (Å²) in [6.07, 6.45) is 0.647. The molecule has 0 saturated carbocycles. The zero-order valence-corrected chi connectivity index (χ0v) is 16.1. The fourth-order valence-electron chi connectivity index (χ4n) is 2.58. The van der Waals surface area contributed by atoms with Gasteiger partial charge in [-0.2, -0.15) is 4.98 Å². The molecule has 0 radical (unpaired) electrons. The molecule has 3 rings (SSSR count). The first kappa shape index (κ1) is 20.6. The first-order valence-corrected chi connectivity index (χ1v) is 8.58. The predicted octanol–water partition coefficient (Wildman–Crippen LogP) is 3.16. The summed E-state index contributed by atoms with van der Waals surface area (Å²) in [6.45, 7) is 2.04. The molecule has 1 aromatic heterocycles. The smallest absolute Gasteiger partial charge is 0.253 e. The van der Waals surface area contributed by atoms with Crippen LogP contribution in [0.5, 0.6) is 0 Å². The van der Waals surface area contributed by atoms with Crippen LogP contribution >= 0.6 is 12.4 Å². The Hall–Kier alpha value is -2.70. The van der Waals surface area contributed by atoms with E-state index in [1.165, 1.54) is 0 Å². The first-order valence-electron chi connectivity index (χ1n) is 8.58. The Morgan fingerprint density at radius 2 is 1.70 bits per heavy atom. The number of carbonyl (C=O) groups excluding carboxylic acids is 1. The van der Waals surface area contributed by atoms with Gasteiger partial charge in [-0.05, 0) is 31.7 Å². The van der Waals surface area contributed by atoms with Gasteiger partial charge in [0.15, 0.2) is 5.82 Å². The summed E-state index contributed by atoms with van der Waals surface area (Å²) in [5.41, 5.74) is 1.46. The van der Waals surface area contributed by atoms with Gasteiger partial charge in [-0.1, -0.05) is 53.7 Å². The largest absolute Gasteiger partial charge is 0.337 e. The third-order valence-electron chi connectivity index (χ3n) is 4.16. The average molecular weight is 387 g/mol. The highest BCUT2D eigenvalue weighted by Gasteiger charge is 2.24. The number of carbonyl (C=O) groups is 1. The van der Waals surface area contributed by atoms with Crippen LogP contribution in [0.15, 0.2) is 65.2 Å². The van der Waals surface area contributed by atoms with E-state index < -0.39 is 6.04 Å². The Labute approximate surface area is 164 Å². The summed E-state index contributed by atoms with van der Waals surface area (Å²) >= 11 is 0. The molecule has 1 heterocycles. The van der Waals surface area contributed by atoms with Crippen molar-refractivity contribution in [2.24, 2.45) is 0 Å². The molecule has 0 aliphatic carbocycles. The highest BCUT2D eigenvalue weighted by Crippen LogP contribution is 2.21. The van der Waals surface area contributed by atoms with Crippen molar-refractivity contribution in [3.63, 3.8) is 0 Å². The van der Waals surface area contributed by atoms with Crippen molar-refractivity contribution in [1.82, 2.24) is 20.8 Å². The lowest BCUT2D eigenvalue weighted by atomic mass is 10.1. The van der Waals surface area contributed by atoms with Crippen LogP contribution in [0.3, 0.4) is 0 Å². The van der Waals surface area contributed by atoms with E-state index in [1.807, 2.05) is 62.5 Å². The molecule has 142 valence electrons. The predicted molar refractivity (Wildman–Crippen MR) is 106 cm³/mol. The summed E-state index contributed by atoms with van der Waals surface area (Å²) in [5.74, 6) is 0.790. The number of nitrogens with zero attached hydrogens (tertiary/aromatic N) is 2. The number of hydrogen-bond donors (Lipinski definition) is 2. The molecule has 2 unspecified atom stereocenters. The van der Waals surface area contributed by atoms with E-state index in [4.69, 9.17) is 4.52 Å². The van der Waals surface area contributed by atoms with E-state index in [0.717, 1.165) is 5.56 Å². The van der Waals surface area contributed by atoms with Crippen molar-refractivity contribution in [2.45, 2.75) is 25.4 Å². The Balaban J connectivity index is 0.00000261. The van der Waals surface area contributed by atoms with Crippen LogP contribution in [-0.4, -0.2) is 29.1 Å². The number of aromatic nitrogens is 2. The standard InChI is InChI=1S/C20H22N4O2.ClH/c1-14(21-2)13-17-22-20(26-24-17)18(15-9-5-3-6-10-15)23-19(25)16-11-7-4-8-12-16;/h3-12,14,18,21H,13H2,1-2H3,(H,23,25);1H. The Morgan fingerprint density at radius 3 is 2.33 bits per heavy atom. The van der Waals surface area contributed by atoms with Crippen LogP contribution < -0.4 is 10.6 Å². The minimum Gasteiger partial charge on any atom is -0.337 e. The van der Waals surface area contributed by atoms with E-state index in [-0.39, 0.29) is 24.4 Å². The van der Waals surface area contributed by atoms with Crippen LogP contribution in [-0.2, 0) is 6.42 Å². The summed E-state index contributed by atoms with van der Waals surface area (Å²) in [6, 6.07) is 18.4. The van der Waals surface area contributed by atoms with Crippen molar-refractivity contribution in [3.05, 3.63) is 83.5 Å². The molecule has 2 atom stereocenters. The number of nitrogens with one attached hydrogen (secondary N) is 2.